The Bertz CT molecular complexity index is 676. The molecule has 22 heavy (non-hydrogen) atoms. The third-order valence-electron chi connectivity index (χ3n) is 3.48. The Morgan fingerprint density at radius 3 is 3.09 bits per heavy atom. The summed E-state index contributed by atoms with van der Waals surface area (Å²) >= 11 is 7.54. The van der Waals surface area contributed by atoms with E-state index < -0.39 is 0 Å². The first-order valence-electron chi connectivity index (χ1n) is 7.01. The summed E-state index contributed by atoms with van der Waals surface area (Å²) in [7, 11) is 0. The van der Waals surface area contributed by atoms with Crippen LogP contribution in [0.3, 0.4) is 0 Å². The Kier molecular flexibility index (Phi) is 4.73. The number of nitrogens with zero attached hydrogens (tertiary/aromatic N) is 1. The first kappa shape index (κ1) is 15.4. The van der Waals surface area contributed by atoms with Crippen LogP contribution in [0.25, 0.3) is 11.3 Å². The van der Waals surface area contributed by atoms with E-state index in [1.54, 1.807) is 0 Å². The van der Waals surface area contributed by atoms with Gasteiger partial charge in [0.1, 0.15) is 6.04 Å². The molecule has 2 atom stereocenters. The molecule has 0 spiro atoms. The SMILES string of the molecule is C[C@H]1OCCN[C@@H]1C(=O)Nc1nc(-c2ccccc2Cl)cs1. The number of carbonyl (C=O) groups excluding carboxylic acids is 1. The lowest BCUT2D eigenvalue weighted by Gasteiger charge is -2.28. The summed E-state index contributed by atoms with van der Waals surface area (Å²) in [6.45, 7) is 3.18. The van der Waals surface area contributed by atoms with Crippen molar-refractivity contribution >= 4 is 34.0 Å². The summed E-state index contributed by atoms with van der Waals surface area (Å²) in [6, 6.07) is 7.14. The van der Waals surface area contributed by atoms with Crippen LogP contribution < -0.4 is 10.6 Å². The van der Waals surface area contributed by atoms with E-state index in [0.717, 1.165) is 11.3 Å². The monoisotopic (exact) mass is 337 g/mol. The number of thiazole rings is 1. The van der Waals surface area contributed by atoms with Crippen molar-refractivity contribution < 1.29 is 9.53 Å². The Labute approximate surface area is 137 Å². The molecule has 2 N–H and O–H groups in total. The first-order chi connectivity index (χ1) is 10.6. The molecule has 2 heterocycles. The summed E-state index contributed by atoms with van der Waals surface area (Å²) in [5.74, 6) is -0.132. The number of ether oxygens (including phenoxy) is 1. The van der Waals surface area contributed by atoms with Gasteiger partial charge in [0.05, 0.1) is 18.4 Å². The zero-order valence-corrected chi connectivity index (χ0v) is 13.6. The molecule has 1 fully saturated rings. The van der Waals surface area contributed by atoms with Crippen LogP contribution in [0.5, 0.6) is 0 Å². The van der Waals surface area contributed by atoms with Crippen LogP contribution in [0, 0.1) is 0 Å². The average Bonchev–Trinajstić information content (AvgIpc) is 2.96. The average molecular weight is 338 g/mol. The lowest BCUT2D eigenvalue weighted by atomic mass is 10.1. The molecule has 0 saturated carbocycles. The topological polar surface area (TPSA) is 63.2 Å². The zero-order chi connectivity index (χ0) is 15.5. The second-order valence-corrected chi connectivity index (χ2v) is 6.28. The summed E-state index contributed by atoms with van der Waals surface area (Å²) in [4.78, 5) is 16.7. The van der Waals surface area contributed by atoms with E-state index in [1.807, 2.05) is 36.6 Å². The van der Waals surface area contributed by atoms with E-state index in [9.17, 15) is 4.79 Å². The molecule has 1 aliphatic rings. The number of anilines is 1. The molecule has 0 radical (unpaired) electrons. The van der Waals surface area contributed by atoms with E-state index in [4.69, 9.17) is 16.3 Å². The fourth-order valence-electron chi connectivity index (χ4n) is 2.33. The quantitative estimate of drug-likeness (QED) is 0.904. The van der Waals surface area contributed by atoms with Gasteiger partial charge in [-0.1, -0.05) is 29.8 Å². The molecule has 116 valence electrons. The van der Waals surface area contributed by atoms with Crippen molar-refractivity contribution in [2.75, 3.05) is 18.5 Å². The second-order valence-electron chi connectivity index (χ2n) is 5.01. The van der Waals surface area contributed by atoms with E-state index >= 15 is 0 Å². The molecule has 3 rings (SSSR count). The smallest absolute Gasteiger partial charge is 0.245 e. The Morgan fingerprint density at radius 2 is 2.32 bits per heavy atom. The minimum absolute atomic E-state index is 0.132. The van der Waals surface area contributed by atoms with Crippen LogP contribution in [0.2, 0.25) is 5.02 Å². The van der Waals surface area contributed by atoms with Gasteiger partial charge in [0.2, 0.25) is 5.91 Å². The van der Waals surface area contributed by atoms with E-state index in [0.29, 0.717) is 23.3 Å². The standard InChI is InChI=1S/C15H16ClN3O2S/c1-9-13(17-6-7-21-9)14(20)19-15-18-12(8-22-15)10-4-2-3-5-11(10)16/h2-5,8-9,13,17H,6-7H2,1H3,(H,18,19,20)/t9-,13+/m1/s1. The van der Waals surface area contributed by atoms with Crippen molar-refractivity contribution in [2.24, 2.45) is 0 Å². The highest BCUT2D eigenvalue weighted by Crippen LogP contribution is 2.30. The summed E-state index contributed by atoms with van der Waals surface area (Å²) in [5, 5.41) is 9.07. The minimum atomic E-state index is -0.360. The number of rotatable bonds is 3. The number of hydrogen-bond donors (Lipinski definition) is 2. The van der Waals surface area contributed by atoms with Gasteiger partial charge in [0.15, 0.2) is 5.13 Å². The molecule has 0 aliphatic carbocycles. The number of nitrogens with one attached hydrogen (secondary N) is 2. The second kappa shape index (κ2) is 6.75. The molecule has 1 saturated heterocycles. The summed E-state index contributed by atoms with van der Waals surface area (Å²) < 4.78 is 5.48. The Morgan fingerprint density at radius 1 is 1.50 bits per heavy atom. The van der Waals surface area contributed by atoms with E-state index in [1.165, 1.54) is 11.3 Å². The maximum absolute atomic E-state index is 12.3. The lowest BCUT2D eigenvalue weighted by Crippen LogP contribution is -2.53. The van der Waals surface area contributed by atoms with Crippen LogP contribution >= 0.6 is 22.9 Å². The normalized spacial score (nSPS) is 21.5. The number of benzene rings is 1. The van der Waals surface area contributed by atoms with Crippen LogP contribution in [0.15, 0.2) is 29.6 Å². The molecule has 1 aliphatic heterocycles. The van der Waals surface area contributed by atoms with Crippen molar-refractivity contribution in [3.05, 3.63) is 34.7 Å². The zero-order valence-electron chi connectivity index (χ0n) is 12.0. The molecule has 7 heteroatoms. The molecule has 5 nitrogen and oxygen atoms in total. The number of hydrogen-bond acceptors (Lipinski definition) is 5. The predicted molar refractivity (Wildman–Crippen MR) is 88.4 cm³/mol. The third kappa shape index (κ3) is 3.30. The molecular weight excluding hydrogens is 322 g/mol. The van der Waals surface area contributed by atoms with Crippen molar-refractivity contribution in [2.45, 2.75) is 19.1 Å². The van der Waals surface area contributed by atoms with Gasteiger partial charge in [-0.05, 0) is 13.0 Å². The highest BCUT2D eigenvalue weighted by Gasteiger charge is 2.28. The van der Waals surface area contributed by atoms with Gasteiger partial charge in [-0.15, -0.1) is 11.3 Å². The van der Waals surface area contributed by atoms with E-state index in [-0.39, 0.29) is 18.1 Å². The van der Waals surface area contributed by atoms with Gasteiger partial charge < -0.3 is 15.4 Å². The van der Waals surface area contributed by atoms with Crippen LogP contribution in [-0.4, -0.2) is 36.2 Å². The fraction of sp³-hybridized carbons (Fsp3) is 0.333. The van der Waals surface area contributed by atoms with Gasteiger partial charge in [-0.3, -0.25) is 4.79 Å². The molecule has 2 aromatic rings. The number of aromatic nitrogens is 1. The molecular formula is C15H16ClN3O2S. The lowest BCUT2D eigenvalue weighted by molar-refractivity contribution is -0.123. The number of carbonyl (C=O) groups is 1. The molecule has 1 amide bonds. The summed E-state index contributed by atoms with van der Waals surface area (Å²) in [6.07, 6.45) is -0.156. The van der Waals surface area contributed by atoms with Crippen molar-refractivity contribution in [1.29, 1.82) is 0 Å². The summed E-state index contributed by atoms with van der Waals surface area (Å²) in [5.41, 5.74) is 1.61. The van der Waals surface area contributed by atoms with Gasteiger partial charge in [0, 0.05) is 22.5 Å². The van der Waals surface area contributed by atoms with Crippen molar-refractivity contribution in [3.8, 4) is 11.3 Å². The number of amides is 1. The van der Waals surface area contributed by atoms with Crippen molar-refractivity contribution in [3.63, 3.8) is 0 Å². The van der Waals surface area contributed by atoms with Crippen LogP contribution in [-0.2, 0) is 9.53 Å². The van der Waals surface area contributed by atoms with Crippen LogP contribution in [0.4, 0.5) is 5.13 Å². The molecule has 0 bridgehead atoms. The van der Waals surface area contributed by atoms with Gasteiger partial charge in [0.25, 0.3) is 0 Å². The molecule has 1 aromatic heterocycles. The van der Waals surface area contributed by atoms with Gasteiger partial charge in [-0.2, -0.15) is 0 Å². The first-order valence-corrected chi connectivity index (χ1v) is 8.27. The Balaban J connectivity index is 1.72. The van der Waals surface area contributed by atoms with Crippen LogP contribution in [0.1, 0.15) is 6.92 Å². The van der Waals surface area contributed by atoms with Gasteiger partial charge >= 0.3 is 0 Å². The highest BCUT2D eigenvalue weighted by atomic mass is 35.5. The highest BCUT2D eigenvalue weighted by molar-refractivity contribution is 7.14. The Hall–Kier alpha value is -1.47. The minimum Gasteiger partial charge on any atom is -0.375 e. The largest absolute Gasteiger partial charge is 0.375 e. The maximum Gasteiger partial charge on any atom is 0.245 e. The molecule has 1 aromatic carbocycles. The van der Waals surface area contributed by atoms with Crippen molar-refractivity contribution in [1.82, 2.24) is 10.3 Å². The maximum atomic E-state index is 12.3. The predicted octanol–water partition coefficient (Wildman–Crippen LogP) is 2.78. The number of morpholine rings is 1. The molecule has 0 unspecified atom stereocenters. The third-order valence-corrected chi connectivity index (χ3v) is 4.57. The van der Waals surface area contributed by atoms with Gasteiger partial charge in [-0.25, -0.2) is 4.98 Å². The fourth-order valence-corrected chi connectivity index (χ4v) is 3.28. The van der Waals surface area contributed by atoms with E-state index in [2.05, 4.69) is 15.6 Å². The number of halogens is 1.